The Bertz CT molecular complexity index is 576. The summed E-state index contributed by atoms with van der Waals surface area (Å²) in [5, 5.41) is 0. The minimum atomic E-state index is -0.492. The van der Waals surface area contributed by atoms with Gasteiger partial charge >= 0.3 is 5.97 Å². The van der Waals surface area contributed by atoms with Crippen LogP contribution >= 0.6 is 0 Å². The summed E-state index contributed by atoms with van der Waals surface area (Å²) >= 11 is 0. The molecule has 1 aromatic carbocycles. The second-order valence-electron chi connectivity index (χ2n) is 5.59. The number of ether oxygens (including phenoxy) is 2. The van der Waals surface area contributed by atoms with Crippen LogP contribution in [0.15, 0.2) is 18.2 Å². The van der Waals surface area contributed by atoms with Crippen LogP contribution in [0.25, 0.3) is 0 Å². The topological polar surface area (TPSA) is 55.8 Å². The van der Waals surface area contributed by atoms with Gasteiger partial charge in [-0.1, -0.05) is 6.07 Å². The summed E-state index contributed by atoms with van der Waals surface area (Å²) < 4.78 is 23.3. The first kappa shape index (κ1) is 17.2. The van der Waals surface area contributed by atoms with Crippen LogP contribution in [-0.2, 0) is 20.7 Å². The number of hydrogen-bond acceptors (Lipinski definition) is 4. The largest absolute Gasteiger partial charge is 0.494 e. The number of methoxy groups -OCH3 is 2. The lowest BCUT2D eigenvalue weighted by atomic mass is 10.0. The van der Waals surface area contributed by atoms with Crippen molar-refractivity contribution in [2.45, 2.75) is 38.1 Å². The highest BCUT2D eigenvalue weighted by molar-refractivity contribution is 5.84. The molecule has 0 spiro atoms. The van der Waals surface area contributed by atoms with Gasteiger partial charge in [-0.3, -0.25) is 4.79 Å². The normalized spacial score (nSPS) is 17.7. The van der Waals surface area contributed by atoms with Gasteiger partial charge in [-0.25, -0.2) is 9.18 Å². The Labute approximate surface area is 135 Å². The highest BCUT2D eigenvalue weighted by Crippen LogP contribution is 2.21. The van der Waals surface area contributed by atoms with Crippen LogP contribution in [0.1, 0.15) is 31.2 Å². The molecule has 0 aliphatic carbocycles. The third-order valence-electron chi connectivity index (χ3n) is 4.14. The molecule has 1 aliphatic rings. The van der Waals surface area contributed by atoms with Gasteiger partial charge in [0.25, 0.3) is 0 Å². The van der Waals surface area contributed by atoms with Gasteiger partial charge in [0.2, 0.25) is 5.91 Å². The van der Waals surface area contributed by atoms with Crippen LogP contribution in [0.4, 0.5) is 4.39 Å². The first-order chi connectivity index (χ1) is 11.1. The zero-order valence-electron chi connectivity index (χ0n) is 13.5. The average molecular weight is 323 g/mol. The Hall–Kier alpha value is -2.11. The van der Waals surface area contributed by atoms with Crippen molar-refractivity contribution in [3.63, 3.8) is 0 Å². The molecule has 0 aromatic heterocycles. The molecule has 0 radical (unpaired) electrons. The van der Waals surface area contributed by atoms with Gasteiger partial charge in [0.15, 0.2) is 11.6 Å². The van der Waals surface area contributed by atoms with E-state index in [9.17, 15) is 14.0 Å². The highest BCUT2D eigenvalue weighted by atomic mass is 19.1. The van der Waals surface area contributed by atoms with E-state index in [2.05, 4.69) is 0 Å². The standard InChI is InChI=1S/C17H22FNO4/c1-22-15-8-6-12(11-13(15)18)7-9-16(20)19-10-4-3-5-14(19)17(21)23-2/h6,8,11,14H,3-5,7,9-10H2,1-2H3. The van der Waals surface area contributed by atoms with Crippen molar-refractivity contribution in [2.75, 3.05) is 20.8 Å². The van der Waals surface area contributed by atoms with Gasteiger partial charge in [0.05, 0.1) is 14.2 Å². The molecule has 1 fully saturated rings. The number of amides is 1. The van der Waals surface area contributed by atoms with E-state index in [1.807, 2.05) is 0 Å². The summed E-state index contributed by atoms with van der Waals surface area (Å²) in [7, 11) is 2.74. The predicted octanol–water partition coefficient (Wildman–Crippen LogP) is 2.32. The molecule has 23 heavy (non-hydrogen) atoms. The highest BCUT2D eigenvalue weighted by Gasteiger charge is 2.32. The number of esters is 1. The number of rotatable bonds is 5. The zero-order chi connectivity index (χ0) is 16.8. The van der Waals surface area contributed by atoms with E-state index in [0.717, 1.165) is 18.4 Å². The van der Waals surface area contributed by atoms with E-state index in [1.54, 1.807) is 17.0 Å². The lowest BCUT2D eigenvalue weighted by Crippen LogP contribution is -2.48. The van der Waals surface area contributed by atoms with Gasteiger partial charge < -0.3 is 14.4 Å². The van der Waals surface area contributed by atoms with Crippen LogP contribution in [0.5, 0.6) is 5.75 Å². The number of likely N-dealkylation sites (tertiary alicyclic amines) is 1. The molecule has 1 aromatic rings. The molecule has 6 heteroatoms. The Kier molecular flexibility index (Phi) is 5.96. The van der Waals surface area contributed by atoms with E-state index < -0.39 is 11.9 Å². The summed E-state index contributed by atoms with van der Waals surface area (Å²) in [6.07, 6.45) is 3.09. The lowest BCUT2D eigenvalue weighted by molar-refractivity contribution is -0.154. The van der Waals surface area contributed by atoms with Crippen molar-refractivity contribution in [1.29, 1.82) is 0 Å². The molecule has 126 valence electrons. The third kappa shape index (κ3) is 4.21. The van der Waals surface area contributed by atoms with Gasteiger partial charge in [-0.05, 0) is 43.4 Å². The molecule has 5 nitrogen and oxygen atoms in total. The number of halogens is 1. The van der Waals surface area contributed by atoms with E-state index in [-0.39, 0.29) is 24.0 Å². The Morgan fingerprint density at radius 1 is 1.30 bits per heavy atom. The number of hydrogen-bond donors (Lipinski definition) is 0. The van der Waals surface area contributed by atoms with Crippen LogP contribution in [0.2, 0.25) is 0 Å². The quantitative estimate of drug-likeness (QED) is 0.780. The third-order valence-corrected chi connectivity index (χ3v) is 4.14. The van der Waals surface area contributed by atoms with E-state index in [4.69, 9.17) is 9.47 Å². The first-order valence-corrected chi connectivity index (χ1v) is 7.76. The van der Waals surface area contributed by atoms with Crippen LogP contribution in [0.3, 0.4) is 0 Å². The van der Waals surface area contributed by atoms with Crippen molar-refractivity contribution in [2.24, 2.45) is 0 Å². The molecular weight excluding hydrogens is 301 g/mol. The first-order valence-electron chi connectivity index (χ1n) is 7.76. The van der Waals surface area contributed by atoms with E-state index in [1.165, 1.54) is 20.3 Å². The Balaban J connectivity index is 1.97. The number of nitrogens with zero attached hydrogens (tertiary/aromatic N) is 1. The maximum absolute atomic E-state index is 13.7. The Morgan fingerprint density at radius 3 is 2.74 bits per heavy atom. The van der Waals surface area contributed by atoms with Crippen molar-refractivity contribution in [1.82, 2.24) is 4.90 Å². The molecule has 0 N–H and O–H groups in total. The number of benzene rings is 1. The minimum absolute atomic E-state index is 0.101. The fraction of sp³-hybridized carbons (Fsp3) is 0.529. The molecule has 1 amide bonds. The second-order valence-corrected chi connectivity index (χ2v) is 5.59. The van der Waals surface area contributed by atoms with E-state index in [0.29, 0.717) is 19.4 Å². The smallest absolute Gasteiger partial charge is 0.328 e. The molecular formula is C17H22FNO4. The van der Waals surface area contributed by atoms with Crippen molar-refractivity contribution in [3.05, 3.63) is 29.6 Å². The number of carbonyl (C=O) groups excluding carboxylic acids is 2. The maximum atomic E-state index is 13.7. The van der Waals surface area contributed by atoms with Crippen molar-refractivity contribution < 1.29 is 23.5 Å². The molecule has 0 bridgehead atoms. The van der Waals surface area contributed by atoms with Gasteiger partial charge in [0.1, 0.15) is 6.04 Å². The minimum Gasteiger partial charge on any atom is -0.494 e. The molecule has 2 rings (SSSR count). The number of carbonyl (C=O) groups is 2. The summed E-state index contributed by atoms with van der Waals surface area (Å²) in [6.45, 7) is 0.565. The summed E-state index contributed by atoms with van der Waals surface area (Å²) in [5.41, 5.74) is 0.725. The van der Waals surface area contributed by atoms with Crippen molar-refractivity contribution >= 4 is 11.9 Å². The maximum Gasteiger partial charge on any atom is 0.328 e. The average Bonchev–Trinajstić information content (AvgIpc) is 2.59. The Morgan fingerprint density at radius 2 is 2.09 bits per heavy atom. The molecule has 1 aliphatic heterocycles. The number of piperidine rings is 1. The molecule has 1 heterocycles. The number of aryl methyl sites for hydroxylation is 1. The van der Waals surface area contributed by atoms with Gasteiger partial charge in [0, 0.05) is 13.0 Å². The zero-order valence-corrected chi connectivity index (χ0v) is 13.5. The SMILES string of the molecule is COC(=O)C1CCCCN1C(=O)CCc1ccc(OC)c(F)c1. The van der Waals surface area contributed by atoms with Crippen LogP contribution in [-0.4, -0.2) is 43.6 Å². The molecule has 1 saturated heterocycles. The van der Waals surface area contributed by atoms with Crippen LogP contribution < -0.4 is 4.74 Å². The molecule has 1 atom stereocenters. The van der Waals surface area contributed by atoms with Crippen molar-refractivity contribution in [3.8, 4) is 5.75 Å². The predicted molar refractivity (Wildman–Crippen MR) is 82.6 cm³/mol. The molecule has 1 unspecified atom stereocenters. The summed E-state index contributed by atoms with van der Waals surface area (Å²) in [6, 6.07) is 4.17. The van der Waals surface area contributed by atoms with Gasteiger partial charge in [-0.15, -0.1) is 0 Å². The lowest BCUT2D eigenvalue weighted by Gasteiger charge is -2.33. The summed E-state index contributed by atoms with van der Waals surface area (Å²) in [4.78, 5) is 25.8. The summed E-state index contributed by atoms with van der Waals surface area (Å²) in [5.74, 6) is -0.727. The monoisotopic (exact) mass is 323 g/mol. The fourth-order valence-corrected chi connectivity index (χ4v) is 2.87. The van der Waals surface area contributed by atoms with Gasteiger partial charge in [-0.2, -0.15) is 0 Å². The molecule has 0 saturated carbocycles. The van der Waals surface area contributed by atoms with Crippen LogP contribution in [0, 0.1) is 5.82 Å². The second kappa shape index (κ2) is 7.94. The fourth-order valence-electron chi connectivity index (χ4n) is 2.87. The van der Waals surface area contributed by atoms with E-state index >= 15 is 0 Å².